The third-order valence-corrected chi connectivity index (χ3v) is 4.17. The summed E-state index contributed by atoms with van der Waals surface area (Å²) in [5.41, 5.74) is 2.65. The van der Waals surface area contributed by atoms with Crippen LogP contribution in [0.1, 0.15) is 31.4 Å². The van der Waals surface area contributed by atoms with Crippen LogP contribution in [0.5, 0.6) is 0 Å². The summed E-state index contributed by atoms with van der Waals surface area (Å²) < 4.78 is 0. The lowest BCUT2D eigenvalue weighted by atomic mass is 10.1. The molecule has 0 fully saturated rings. The lowest BCUT2D eigenvalue weighted by Crippen LogP contribution is -2.42. The zero-order valence-corrected chi connectivity index (χ0v) is 14.2. The Hall–Kier alpha value is -1.81. The average molecular weight is 315 g/mol. The van der Waals surface area contributed by atoms with E-state index in [1.165, 1.54) is 11.1 Å². The number of nitrogens with one attached hydrogen (secondary N) is 2. The highest BCUT2D eigenvalue weighted by Gasteiger charge is 2.05. The second-order valence-electron chi connectivity index (χ2n) is 5.40. The van der Waals surface area contributed by atoms with Crippen molar-refractivity contribution in [2.24, 2.45) is 4.99 Å². The molecule has 2 rings (SSSR count). The van der Waals surface area contributed by atoms with Crippen LogP contribution in [0.25, 0.3) is 0 Å². The Morgan fingerprint density at radius 1 is 1.18 bits per heavy atom. The molecule has 22 heavy (non-hydrogen) atoms. The summed E-state index contributed by atoms with van der Waals surface area (Å²) in [6.45, 7) is 5.90. The lowest BCUT2D eigenvalue weighted by molar-refractivity contribution is 0.593. The second-order valence-corrected chi connectivity index (χ2v) is 6.18. The van der Waals surface area contributed by atoms with Gasteiger partial charge in [-0.25, -0.2) is 4.99 Å². The molecule has 118 valence electrons. The number of aliphatic imine (C=N–C) groups is 1. The largest absolute Gasteiger partial charge is 0.357 e. The summed E-state index contributed by atoms with van der Waals surface area (Å²) in [6, 6.07) is 13.1. The van der Waals surface area contributed by atoms with E-state index in [1.54, 1.807) is 11.3 Å². The fourth-order valence-corrected chi connectivity index (χ4v) is 2.87. The summed E-state index contributed by atoms with van der Waals surface area (Å²) in [5, 5.41) is 11.0. The average Bonchev–Trinajstić information content (AvgIpc) is 3.05. The van der Waals surface area contributed by atoms with Crippen molar-refractivity contribution in [2.45, 2.75) is 39.3 Å². The van der Waals surface area contributed by atoms with Crippen LogP contribution in [0.4, 0.5) is 0 Å². The van der Waals surface area contributed by atoms with Gasteiger partial charge in [0, 0.05) is 12.6 Å². The zero-order valence-electron chi connectivity index (χ0n) is 13.4. The summed E-state index contributed by atoms with van der Waals surface area (Å²) in [4.78, 5) is 4.65. The smallest absolute Gasteiger partial charge is 0.191 e. The highest BCUT2D eigenvalue weighted by Crippen LogP contribution is 2.07. The molecule has 1 atom stereocenters. The topological polar surface area (TPSA) is 36.4 Å². The van der Waals surface area contributed by atoms with Gasteiger partial charge < -0.3 is 10.6 Å². The molecule has 0 spiro atoms. The maximum atomic E-state index is 4.65. The number of hydrogen-bond acceptors (Lipinski definition) is 2. The molecule has 1 heterocycles. The van der Waals surface area contributed by atoms with E-state index < -0.39 is 0 Å². The minimum absolute atomic E-state index is 0.389. The monoisotopic (exact) mass is 315 g/mol. The van der Waals surface area contributed by atoms with Crippen LogP contribution in [-0.4, -0.2) is 18.5 Å². The zero-order chi connectivity index (χ0) is 15.6. The number of benzene rings is 1. The van der Waals surface area contributed by atoms with Gasteiger partial charge in [0.1, 0.15) is 0 Å². The number of hydrogen-bond donors (Lipinski definition) is 2. The molecule has 0 aliphatic heterocycles. The highest BCUT2D eigenvalue weighted by atomic mass is 32.1. The second kappa shape index (κ2) is 9.26. The first-order chi connectivity index (χ1) is 10.8. The van der Waals surface area contributed by atoms with E-state index in [9.17, 15) is 0 Å². The van der Waals surface area contributed by atoms with Crippen LogP contribution in [0.3, 0.4) is 0 Å². The minimum atomic E-state index is 0.389. The Labute approximate surface area is 137 Å². The van der Waals surface area contributed by atoms with Gasteiger partial charge in [0.2, 0.25) is 0 Å². The molecule has 0 aliphatic rings. The normalized spacial score (nSPS) is 12.9. The van der Waals surface area contributed by atoms with Crippen molar-refractivity contribution < 1.29 is 0 Å². The van der Waals surface area contributed by atoms with Crippen molar-refractivity contribution in [3.8, 4) is 0 Å². The van der Waals surface area contributed by atoms with Gasteiger partial charge in [-0.3, -0.25) is 0 Å². The van der Waals surface area contributed by atoms with Crippen molar-refractivity contribution in [2.75, 3.05) is 6.54 Å². The van der Waals surface area contributed by atoms with E-state index in [0.29, 0.717) is 6.04 Å². The quantitative estimate of drug-likeness (QED) is 0.602. The van der Waals surface area contributed by atoms with E-state index in [2.05, 4.69) is 76.6 Å². The molecule has 0 radical (unpaired) electrons. The van der Waals surface area contributed by atoms with Gasteiger partial charge in [-0.15, -0.1) is 0 Å². The first-order valence-electron chi connectivity index (χ1n) is 7.87. The van der Waals surface area contributed by atoms with Crippen molar-refractivity contribution in [3.63, 3.8) is 0 Å². The van der Waals surface area contributed by atoms with Gasteiger partial charge in [0.15, 0.2) is 5.96 Å². The van der Waals surface area contributed by atoms with Crippen molar-refractivity contribution in [3.05, 3.63) is 58.3 Å². The van der Waals surface area contributed by atoms with Crippen LogP contribution < -0.4 is 10.6 Å². The minimum Gasteiger partial charge on any atom is -0.357 e. The van der Waals surface area contributed by atoms with Gasteiger partial charge in [0.25, 0.3) is 0 Å². The predicted octanol–water partition coefficient (Wildman–Crippen LogP) is 3.82. The van der Waals surface area contributed by atoms with Crippen molar-refractivity contribution in [1.82, 2.24) is 10.6 Å². The molecule has 2 aromatic rings. The van der Waals surface area contributed by atoms with Gasteiger partial charge in [0.05, 0.1) is 6.54 Å². The lowest BCUT2D eigenvalue weighted by Gasteiger charge is -2.17. The Morgan fingerprint density at radius 2 is 2.00 bits per heavy atom. The number of nitrogens with zero attached hydrogens (tertiary/aromatic N) is 1. The summed E-state index contributed by atoms with van der Waals surface area (Å²) in [6.07, 6.45) is 2.17. The van der Waals surface area contributed by atoms with E-state index in [-0.39, 0.29) is 0 Å². The SMILES string of the molecule is CCNC(=NCc1ccsc1)NC(C)CCc1ccccc1. The Kier molecular flexibility index (Phi) is 6.97. The van der Waals surface area contributed by atoms with Crippen molar-refractivity contribution >= 4 is 17.3 Å². The molecule has 1 aromatic heterocycles. The molecule has 0 aliphatic carbocycles. The molecule has 3 nitrogen and oxygen atoms in total. The molecule has 1 aromatic carbocycles. The van der Waals surface area contributed by atoms with Gasteiger partial charge >= 0.3 is 0 Å². The fourth-order valence-electron chi connectivity index (χ4n) is 2.21. The first kappa shape index (κ1) is 16.6. The Bertz CT molecular complexity index is 549. The molecule has 0 saturated carbocycles. The third-order valence-electron chi connectivity index (χ3n) is 3.44. The number of guanidine groups is 1. The number of rotatable bonds is 7. The molecule has 2 N–H and O–H groups in total. The predicted molar refractivity (Wildman–Crippen MR) is 96.5 cm³/mol. The number of thiophene rings is 1. The third kappa shape index (κ3) is 5.90. The summed E-state index contributed by atoms with van der Waals surface area (Å²) in [5.74, 6) is 0.897. The van der Waals surface area contributed by atoms with Gasteiger partial charge in [-0.05, 0) is 54.6 Å². The molecule has 1 unspecified atom stereocenters. The molecule has 0 saturated heterocycles. The van der Waals surface area contributed by atoms with Gasteiger partial charge in [-0.1, -0.05) is 30.3 Å². The van der Waals surface area contributed by atoms with Crippen LogP contribution in [-0.2, 0) is 13.0 Å². The molecule has 4 heteroatoms. The van der Waals surface area contributed by atoms with Crippen LogP contribution in [0.2, 0.25) is 0 Å². The standard InChI is InChI=1S/C18H25N3S/c1-3-19-18(20-13-17-11-12-22-14-17)21-15(2)9-10-16-7-5-4-6-8-16/h4-8,11-12,14-15H,3,9-10,13H2,1-2H3,(H2,19,20,21). The molecular formula is C18H25N3S. The van der Waals surface area contributed by atoms with Gasteiger partial charge in [-0.2, -0.15) is 11.3 Å². The van der Waals surface area contributed by atoms with E-state index >= 15 is 0 Å². The highest BCUT2D eigenvalue weighted by molar-refractivity contribution is 7.07. The molecule has 0 amide bonds. The Balaban J connectivity index is 1.82. The van der Waals surface area contributed by atoms with Crippen molar-refractivity contribution in [1.29, 1.82) is 0 Å². The molecular weight excluding hydrogens is 290 g/mol. The maximum Gasteiger partial charge on any atom is 0.191 e. The van der Waals surface area contributed by atoms with Crippen LogP contribution >= 0.6 is 11.3 Å². The summed E-state index contributed by atoms with van der Waals surface area (Å²) >= 11 is 1.71. The van der Waals surface area contributed by atoms with Crippen LogP contribution in [0.15, 0.2) is 52.2 Å². The number of aryl methyl sites for hydroxylation is 1. The van der Waals surface area contributed by atoms with E-state index in [0.717, 1.165) is 31.9 Å². The van der Waals surface area contributed by atoms with E-state index in [1.807, 2.05) is 0 Å². The molecule has 0 bridgehead atoms. The maximum absolute atomic E-state index is 4.65. The van der Waals surface area contributed by atoms with E-state index in [4.69, 9.17) is 0 Å². The Morgan fingerprint density at radius 3 is 2.68 bits per heavy atom. The van der Waals surface area contributed by atoms with Crippen LogP contribution in [0, 0.1) is 0 Å². The fraction of sp³-hybridized carbons (Fsp3) is 0.389. The first-order valence-corrected chi connectivity index (χ1v) is 8.82. The summed E-state index contributed by atoms with van der Waals surface area (Å²) in [7, 11) is 0.